The van der Waals surface area contributed by atoms with Gasteiger partial charge in [-0.2, -0.15) is 9.78 Å². The summed E-state index contributed by atoms with van der Waals surface area (Å²) in [5.41, 5.74) is 1.48. The summed E-state index contributed by atoms with van der Waals surface area (Å²) < 4.78 is 1.29. The number of carbonyl (C=O) groups is 2. The fourth-order valence-electron chi connectivity index (χ4n) is 4.57. The molecule has 6 nitrogen and oxygen atoms in total. The number of likely N-dealkylation sites (tertiary alicyclic amines) is 1. The lowest BCUT2D eigenvalue weighted by Gasteiger charge is -2.26. The molecule has 0 N–H and O–H groups in total. The van der Waals surface area contributed by atoms with Crippen LogP contribution in [0.2, 0.25) is 5.02 Å². The number of carbonyl (C=O) groups excluding carboxylic acids is 2. The average Bonchev–Trinajstić information content (AvgIpc) is 3.37. The van der Waals surface area contributed by atoms with Gasteiger partial charge in [0.2, 0.25) is 0 Å². The molecule has 1 saturated carbocycles. The summed E-state index contributed by atoms with van der Waals surface area (Å²) in [7, 11) is 2.16. The minimum absolute atomic E-state index is 0.130. The number of aromatic nitrogens is 2. The summed E-state index contributed by atoms with van der Waals surface area (Å²) in [6.07, 6.45) is 3.76. The third-order valence-electron chi connectivity index (χ3n) is 6.14. The molecular weight excluding hydrogens is 376 g/mol. The zero-order valence-corrected chi connectivity index (χ0v) is 17.0. The van der Waals surface area contributed by atoms with E-state index in [2.05, 4.69) is 23.1 Å². The summed E-state index contributed by atoms with van der Waals surface area (Å²) in [6, 6.07) is 9.96. The van der Waals surface area contributed by atoms with Crippen LogP contribution in [0, 0.1) is 11.8 Å². The minimum atomic E-state index is -0.136. The maximum Gasteiger partial charge on any atom is 0.344 e. The van der Waals surface area contributed by atoms with Gasteiger partial charge in [-0.3, -0.25) is 9.69 Å². The number of rotatable bonds is 4. The van der Waals surface area contributed by atoms with E-state index in [1.54, 1.807) is 12.3 Å². The highest BCUT2D eigenvalue weighted by Crippen LogP contribution is 2.40. The predicted molar refractivity (Wildman–Crippen MR) is 108 cm³/mol. The Morgan fingerprint density at radius 1 is 1.18 bits per heavy atom. The molecule has 0 radical (unpaired) electrons. The van der Waals surface area contributed by atoms with E-state index >= 15 is 0 Å². The van der Waals surface area contributed by atoms with Gasteiger partial charge >= 0.3 is 6.03 Å². The first-order chi connectivity index (χ1) is 13.4. The van der Waals surface area contributed by atoms with Crippen LogP contribution in [0.3, 0.4) is 0 Å². The highest BCUT2D eigenvalue weighted by Gasteiger charge is 2.43. The number of hydrogen-bond acceptors (Lipinski definition) is 4. The van der Waals surface area contributed by atoms with E-state index in [1.807, 2.05) is 23.1 Å². The molecule has 148 valence electrons. The van der Waals surface area contributed by atoms with Crippen molar-refractivity contribution in [2.45, 2.75) is 32.4 Å². The smallest absolute Gasteiger partial charge is 0.322 e. The number of benzene rings is 1. The number of nitrogens with zero attached hydrogens (tertiary/aromatic N) is 4. The Morgan fingerprint density at radius 3 is 2.46 bits per heavy atom. The van der Waals surface area contributed by atoms with Crippen molar-refractivity contribution >= 4 is 23.4 Å². The van der Waals surface area contributed by atoms with Gasteiger partial charge in [-0.25, -0.2) is 4.79 Å². The Labute approximate surface area is 170 Å². The second kappa shape index (κ2) is 7.68. The van der Waals surface area contributed by atoms with Gasteiger partial charge in [0, 0.05) is 43.8 Å². The van der Waals surface area contributed by atoms with Gasteiger partial charge in [-0.05, 0) is 49.4 Å². The van der Waals surface area contributed by atoms with Crippen LogP contribution >= 0.6 is 11.6 Å². The molecule has 4 rings (SSSR count). The first-order valence-electron chi connectivity index (χ1n) is 9.72. The summed E-state index contributed by atoms with van der Waals surface area (Å²) in [6.45, 7) is 3.81. The Hall–Kier alpha value is -2.18. The van der Waals surface area contributed by atoms with Crippen LogP contribution < -0.4 is 0 Å². The second-order valence-electron chi connectivity index (χ2n) is 8.04. The molecule has 1 aliphatic heterocycles. The van der Waals surface area contributed by atoms with Crippen LogP contribution in [0.15, 0.2) is 36.5 Å². The van der Waals surface area contributed by atoms with Crippen molar-refractivity contribution in [1.29, 1.82) is 0 Å². The van der Waals surface area contributed by atoms with Crippen molar-refractivity contribution in [2.24, 2.45) is 11.8 Å². The largest absolute Gasteiger partial charge is 0.344 e. The first kappa shape index (κ1) is 19.2. The van der Waals surface area contributed by atoms with Crippen molar-refractivity contribution in [2.75, 3.05) is 20.1 Å². The monoisotopic (exact) mass is 400 g/mol. The zero-order chi connectivity index (χ0) is 19.8. The molecule has 2 aromatic rings. The van der Waals surface area contributed by atoms with E-state index in [0.29, 0.717) is 23.6 Å². The topological polar surface area (TPSA) is 58.4 Å². The lowest BCUT2D eigenvalue weighted by molar-refractivity contribution is 0.101. The molecule has 7 heteroatoms. The van der Waals surface area contributed by atoms with Crippen molar-refractivity contribution in [3.8, 4) is 0 Å². The zero-order valence-electron chi connectivity index (χ0n) is 16.2. The molecular formula is C21H25ClN4O2. The molecule has 1 aromatic heterocycles. The van der Waals surface area contributed by atoms with Crippen molar-refractivity contribution in [3.63, 3.8) is 0 Å². The number of hydrogen-bond donors (Lipinski definition) is 0. The molecule has 2 aliphatic rings. The third kappa shape index (κ3) is 3.71. The number of Topliss-reactive ketones (excluding diaryl/α,β-unsaturated/α-hetero) is 1. The van der Waals surface area contributed by atoms with E-state index in [9.17, 15) is 9.59 Å². The van der Waals surface area contributed by atoms with Gasteiger partial charge in [0.1, 0.15) is 5.69 Å². The lowest BCUT2D eigenvalue weighted by Crippen LogP contribution is -2.36. The van der Waals surface area contributed by atoms with Crippen LogP contribution in [0.5, 0.6) is 0 Å². The summed E-state index contributed by atoms with van der Waals surface area (Å²) >= 11 is 6.30. The highest BCUT2D eigenvalue weighted by molar-refractivity contribution is 6.31. The van der Waals surface area contributed by atoms with Crippen LogP contribution in [-0.2, 0) is 6.54 Å². The van der Waals surface area contributed by atoms with Gasteiger partial charge in [0.15, 0.2) is 5.78 Å². The van der Waals surface area contributed by atoms with Gasteiger partial charge in [-0.1, -0.05) is 29.8 Å². The molecule has 3 atom stereocenters. The van der Waals surface area contributed by atoms with E-state index in [0.717, 1.165) is 43.1 Å². The van der Waals surface area contributed by atoms with Gasteiger partial charge in [0.05, 0.1) is 0 Å². The van der Waals surface area contributed by atoms with E-state index in [-0.39, 0.29) is 11.8 Å². The lowest BCUT2D eigenvalue weighted by atomic mass is 10.0. The second-order valence-corrected chi connectivity index (χ2v) is 8.45. The number of halogens is 1. The van der Waals surface area contributed by atoms with Crippen LogP contribution in [-0.4, -0.2) is 57.6 Å². The predicted octanol–water partition coefficient (Wildman–Crippen LogP) is 3.55. The Morgan fingerprint density at radius 2 is 1.86 bits per heavy atom. The number of amides is 1. The SMILES string of the molecule is CC(=O)c1ccn(C(=O)N2C[C@H]3C[C@H](N(C)Cc4ccccc4Cl)C[C@H]3C2)n1. The van der Waals surface area contributed by atoms with Crippen LogP contribution in [0.25, 0.3) is 0 Å². The quantitative estimate of drug-likeness (QED) is 0.736. The standard InChI is InChI=1S/C21H25ClN4O2/c1-14(27)20-7-8-26(23-20)21(28)25-12-16-9-18(10-17(16)13-25)24(2)11-15-5-3-4-6-19(15)22/h3-8,16-18H,9-13H2,1-2H3/t16-,17+,18+. The summed E-state index contributed by atoms with van der Waals surface area (Å²) in [5.74, 6) is 0.908. The third-order valence-corrected chi connectivity index (χ3v) is 6.51. The number of fused-ring (bicyclic) bond motifs is 1. The maximum absolute atomic E-state index is 12.7. The molecule has 1 aromatic carbocycles. The molecule has 0 bridgehead atoms. The molecule has 1 amide bonds. The molecule has 0 unspecified atom stereocenters. The maximum atomic E-state index is 12.7. The molecule has 2 heterocycles. The number of ketones is 1. The normalized spacial score (nSPS) is 24.0. The Bertz CT molecular complexity index is 882. The van der Waals surface area contributed by atoms with Crippen LogP contribution in [0.4, 0.5) is 4.79 Å². The summed E-state index contributed by atoms with van der Waals surface area (Å²) in [5, 5.41) is 4.92. The van der Waals surface area contributed by atoms with Crippen LogP contribution in [0.1, 0.15) is 35.8 Å². The summed E-state index contributed by atoms with van der Waals surface area (Å²) in [4.78, 5) is 28.4. The van der Waals surface area contributed by atoms with E-state index in [1.165, 1.54) is 11.6 Å². The molecule has 2 fully saturated rings. The van der Waals surface area contributed by atoms with Gasteiger partial charge in [0.25, 0.3) is 0 Å². The van der Waals surface area contributed by atoms with Crippen molar-refractivity contribution in [1.82, 2.24) is 19.6 Å². The molecule has 28 heavy (non-hydrogen) atoms. The first-order valence-corrected chi connectivity index (χ1v) is 10.1. The fourth-order valence-corrected chi connectivity index (χ4v) is 4.77. The van der Waals surface area contributed by atoms with E-state index < -0.39 is 0 Å². The molecule has 1 saturated heterocycles. The van der Waals surface area contributed by atoms with E-state index in [4.69, 9.17) is 11.6 Å². The fraction of sp³-hybridized carbons (Fsp3) is 0.476. The van der Waals surface area contributed by atoms with Crippen molar-refractivity contribution < 1.29 is 9.59 Å². The Kier molecular flexibility index (Phi) is 5.25. The molecule has 1 aliphatic carbocycles. The Balaban J connectivity index is 1.34. The van der Waals surface area contributed by atoms with Gasteiger partial charge < -0.3 is 4.90 Å². The highest BCUT2D eigenvalue weighted by atomic mass is 35.5. The minimum Gasteiger partial charge on any atom is -0.322 e. The van der Waals surface area contributed by atoms with Crippen molar-refractivity contribution in [3.05, 3.63) is 52.8 Å². The van der Waals surface area contributed by atoms with Gasteiger partial charge in [-0.15, -0.1) is 0 Å². The average molecular weight is 401 g/mol. The molecule has 0 spiro atoms.